The fourth-order valence-corrected chi connectivity index (χ4v) is 1.52. The molecule has 4 nitrogen and oxygen atoms in total. The molecule has 0 fully saturated rings. The summed E-state index contributed by atoms with van der Waals surface area (Å²) in [5.74, 6) is 0.272. The van der Waals surface area contributed by atoms with Crippen molar-refractivity contribution in [1.29, 1.82) is 0 Å². The Morgan fingerprint density at radius 3 is 2.76 bits per heavy atom. The minimum Gasteiger partial charge on any atom is -0.481 e. The van der Waals surface area contributed by atoms with Gasteiger partial charge in [0, 0.05) is 29.1 Å². The Morgan fingerprint density at radius 1 is 1.29 bits per heavy atom. The summed E-state index contributed by atoms with van der Waals surface area (Å²) in [7, 11) is 1.51. The molecule has 2 aromatic rings. The molecule has 0 aliphatic heterocycles. The normalized spacial score (nSPS) is 9.94. The van der Waals surface area contributed by atoms with Gasteiger partial charge in [-0.05, 0) is 18.2 Å². The number of hydrogen-bond donors (Lipinski definition) is 1. The smallest absolute Gasteiger partial charge is 0.213 e. The number of methoxy groups -OCH3 is 1. The number of anilines is 1. The van der Waals surface area contributed by atoms with Crippen molar-refractivity contribution in [2.24, 2.45) is 0 Å². The van der Waals surface area contributed by atoms with Crippen LogP contribution in [0.25, 0.3) is 0 Å². The fourth-order valence-electron chi connectivity index (χ4n) is 1.52. The van der Waals surface area contributed by atoms with Gasteiger partial charge in [0.25, 0.3) is 0 Å². The van der Waals surface area contributed by atoms with Crippen LogP contribution in [0.5, 0.6) is 5.88 Å². The van der Waals surface area contributed by atoms with Crippen molar-refractivity contribution in [2.75, 3.05) is 12.8 Å². The summed E-state index contributed by atoms with van der Waals surface area (Å²) in [5.41, 5.74) is 7.22. The van der Waals surface area contributed by atoms with Gasteiger partial charge in [0.15, 0.2) is 5.78 Å². The Balaban J connectivity index is 2.40. The third-order valence-corrected chi connectivity index (χ3v) is 2.41. The molecule has 0 amide bonds. The number of carbonyl (C=O) groups is 1. The highest BCUT2D eigenvalue weighted by Gasteiger charge is 2.12. The van der Waals surface area contributed by atoms with Gasteiger partial charge in [0.2, 0.25) is 5.88 Å². The minimum absolute atomic E-state index is 0.135. The number of benzene rings is 1. The molecule has 0 radical (unpaired) electrons. The quantitative estimate of drug-likeness (QED) is 0.643. The Hall–Kier alpha value is -2.36. The van der Waals surface area contributed by atoms with Crippen molar-refractivity contribution in [2.45, 2.75) is 0 Å². The standard InChI is InChI=1S/C13H12N2O2/c1-17-12-8-9(6-7-15-12)13(16)10-4-2-3-5-11(10)14/h2-8H,14H2,1H3. The summed E-state index contributed by atoms with van der Waals surface area (Å²) < 4.78 is 4.98. The zero-order chi connectivity index (χ0) is 12.3. The van der Waals surface area contributed by atoms with E-state index in [4.69, 9.17) is 10.5 Å². The van der Waals surface area contributed by atoms with E-state index < -0.39 is 0 Å². The van der Waals surface area contributed by atoms with Crippen LogP contribution in [0.1, 0.15) is 15.9 Å². The molecule has 2 N–H and O–H groups in total. The molecule has 0 unspecified atom stereocenters. The number of nitrogens with zero attached hydrogens (tertiary/aromatic N) is 1. The Bertz CT molecular complexity index is 553. The highest BCUT2D eigenvalue weighted by Crippen LogP contribution is 2.18. The lowest BCUT2D eigenvalue weighted by Crippen LogP contribution is -2.05. The van der Waals surface area contributed by atoms with Crippen molar-refractivity contribution >= 4 is 11.5 Å². The maximum atomic E-state index is 12.2. The first-order valence-corrected chi connectivity index (χ1v) is 5.11. The van der Waals surface area contributed by atoms with E-state index in [0.29, 0.717) is 22.7 Å². The van der Waals surface area contributed by atoms with Crippen molar-refractivity contribution < 1.29 is 9.53 Å². The van der Waals surface area contributed by atoms with Crippen LogP contribution in [0.3, 0.4) is 0 Å². The summed E-state index contributed by atoms with van der Waals surface area (Å²) >= 11 is 0. The first kappa shape index (κ1) is 11.1. The summed E-state index contributed by atoms with van der Waals surface area (Å²) in [4.78, 5) is 16.1. The first-order chi connectivity index (χ1) is 8.22. The molecular weight excluding hydrogens is 216 g/mol. The predicted molar refractivity (Wildman–Crippen MR) is 65.1 cm³/mol. The SMILES string of the molecule is COc1cc(C(=O)c2ccccc2N)ccn1. The molecular formula is C13H12N2O2. The van der Waals surface area contributed by atoms with Gasteiger partial charge in [0.1, 0.15) is 0 Å². The van der Waals surface area contributed by atoms with E-state index in [1.807, 2.05) is 0 Å². The zero-order valence-electron chi connectivity index (χ0n) is 9.38. The lowest BCUT2D eigenvalue weighted by Gasteiger charge is -2.05. The summed E-state index contributed by atoms with van der Waals surface area (Å²) in [5, 5.41) is 0. The van der Waals surface area contributed by atoms with E-state index in [-0.39, 0.29) is 5.78 Å². The number of ketones is 1. The second-order valence-electron chi connectivity index (χ2n) is 3.50. The largest absolute Gasteiger partial charge is 0.481 e. The first-order valence-electron chi connectivity index (χ1n) is 5.11. The lowest BCUT2D eigenvalue weighted by molar-refractivity contribution is 0.103. The van der Waals surface area contributed by atoms with Crippen molar-refractivity contribution in [3.8, 4) is 5.88 Å². The van der Waals surface area contributed by atoms with E-state index in [1.54, 1.807) is 36.4 Å². The molecule has 0 saturated carbocycles. The second kappa shape index (κ2) is 4.65. The van der Waals surface area contributed by atoms with Gasteiger partial charge in [-0.25, -0.2) is 4.98 Å². The molecule has 0 bridgehead atoms. The maximum Gasteiger partial charge on any atom is 0.213 e. The third kappa shape index (κ3) is 2.25. The van der Waals surface area contributed by atoms with E-state index >= 15 is 0 Å². The number of hydrogen-bond acceptors (Lipinski definition) is 4. The van der Waals surface area contributed by atoms with Crippen LogP contribution in [0, 0.1) is 0 Å². The van der Waals surface area contributed by atoms with Crippen LogP contribution in [-0.4, -0.2) is 17.9 Å². The lowest BCUT2D eigenvalue weighted by atomic mass is 10.0. The molecule has 4 heteroatoms. The van der Waals surface area contributed by atoms with E-state index in [2.05, 4.69) is 4.98 Å². The molecule has 17 heavy (non-hydrogen) atoms. The van der Waals surface area contributed by atoms with Gasteiger partial charge in [-0.3, -0.25) is 4.79 Å². The zero-order valence-corrected chi connectivity index (χ0v) is 9.38. The van der Waals surface area contributed by atoms with Crippen LogP contribution >= 0.6 is 0 Å². The van der Waals surface area contributed by atoms with E-state index in [9.17, 15) is 4.79 Å². The number of nitrogen functional groups attached to an aromatic ring is 1. The molecule has 0 aliphatic carbocycles. The van der Waals surface area contributed by atoms with Crippen LogP contribution < -0.4 is 10.5 Å². The van der Waals surface area contributed by atoms with Crippen molar-refractivity contribution in [1.82, 2.24) is 4.98 Å². The van der Waals surface area contributed by atoms with Crippen molar-refractivity contribution in [3.05, 3.63) is 53.7 Å². The summed E-state index contributed by atoms with van der Waals surface area (Å²) in [6, 6.07) is 10.2. The van der Waals surface area contributed by atoms with Gasteiger partial charge in [-0.2, -0.15) is 0 Å². The average Bonchev–Trinajstić information content (AvgIpc) is 2.38. The number of rotatable bonds is 3. The molecule has 1 heterocycles. The molecule has 1 aromatic carbocycles. The Labute approximate surface area is 99.1 Å². The number of para-hydroxylation sites is 1. The average molecular weight is 228 g/mol. The number of pyridine rings is 1. The minimum atomic E-state index is -0.135. The molecule has 0 atom stereocenters. The highest BCUT2D eigenvalue weighted by atomic mass is 16.5. The van der Waals surface area contributed by atoms with E-state index in [1.165, 1.54) is 13.3 Å². The van der Waals surface area contributed by atoms with Gasteiger partial charge in [0.05, 0.1) is 7.11 Å². The number of carbonyl (C=O) groups excluding carboxylic acids is 1. The number of nitrogens with two attached hydrogens (primary N) is 1. The second-order valence-corrected chi connectivity index (χ2v) is 3.50. The van der Waals surface area contributed by atoms with Gasteiger partial charge < -0.3 is 10.5 Å². The summed E-state index contributed by atoms with van der Waals surface area (Å²) in [6.45, 7) is 0. The van der Waals surface area contributed by atoms with Gasteiger partial charge in [-0.15, -0.1) is 0 Å². The molecule has 0 saturated heterocycles. The van der Waals surface area contributed by atoms with Crippen molar-refractivity contribution in [3.63, 3.8) is 0 Å². The number of aromatic nitrogens is 1. The molecule has 0 spiro atoms. The van der Waals surface area contributed by atoms with E-state index in [0.717, 1.165) is 0 Å². The monoisotopic (exact) mass is 228 g/mol. The predicted octanol–water partition coefficient (Wildman–Crippen LogP) is 1.90. The van der Waals surface area contributed by atoms with Crippen LogP contribution in [0.2, 0.25) is 0 Å². The van der Waals surface area contributed by atoms with Crippen LogP contribution in [0.15, 0.2) is 42.6 Å². The molecule has 2 rings (SSSR count). The van der Waals surface area contributed by atoms with Crippen LogP contribution in [0.4, 0.5) is 5.69 Å². The summed E-state index contributed by atoms with van der Waals surface area (Å²) in [6.07, 6.45) is 1.53. The van der Waals surface area contributed by atoms with Gasteiger partial charge >= 0.3 is 0 Å². The molecule has 86 valence electrons. The highest BCUT2D eigenvalue weighted by molar-refractivity contribution is 6.12. The fraction of sp³-hybridized carbons (Fsp3) is 0.0769. The molecule has 0 aliphatic rings. The Kier molecular flexibility index (Phi) is 3.05. The third-order valence-electron chi connectivity index (χ3n) is 2.41. The topological polar surface area (TPSA) is 65.2 Å². The Morgan fingerprint density at radius 2 is 2.06 bits per heavy atom. The maximum absolute atomic E-state index is 12.2. The molecule has 1 aromatic heterocycles. The van der Waals surface area contributed by atoms with Gasteiger partial charge in [-0.1, -0.05) is 12.1 Å². The van der Waals surface area contributed by atoms with Crippen LogP contribution in [-0.2, 0) is 0 Å². The number of ether oxygens (including phenoxy) is 1.